The summed E-state index contributed by atoms with van der Waals surface area (Å²) in [6.45, 7) is 6.33. The Bertz CT molecular complexity index is 1440. The van der Waals surface area contributed by atoms with Crippen molar-refractivity contribution in [3.8, 4) is 0 Å². The highest BCUT2D eigenvalue weighted by atomic mass is 16.6. The number of ether oxygens (including phenoxy) is 3. The van der Waals surface area contributed by atoms with E-state index in [0.717, 1.165) is 135 Å². The fourth-order valence-electron chi connectivity index (χ4n) is 7.70. The second kappa shape index (κ2) is 57.6. The standard InChI is InChI=1S/C64H106O6/c1-4-7-10-13-16-19-22-25-27-28-29-30-31-32-33-34-35-36-37-40-42-45-48-51-54-57-63(66)69-60-61(59-68-62(65)56-53-50-47-44-41-38-24-21-18-15-12-9-6-3)70-64(67)58-55-52-49-46-43-39-26-23-20-17-14-11-8-5-2/h7,9-10,12,14,16-19,21,23,25-27,29-30,38,41,61H,4-6,8,11,13,15,20,22,24,28,31-37,39-40,42-60H2,1-3H3/b10-7-,12-9-,17-14-,19-16-,21-18-,26-23-,27-25-,30-29-,41-38-. The zero-order valence-corrected chi connectivity index (χ0v) is 45.5. The summed E-state index contributed by atoms with van der Waals surface area (Å²) in [4.78, 5) is 38.1. The Hall–Kier alpha value is -3.93. The highest BCUT2D eigenvalue weighted by Gasteiger charge is 2.19. The van der Waals surface area contributed by atoms with Crippen molar-refractivity contribution >= 4 is 17.9 Å². The lowest BCUT2D eigenvalue weighted by Crippen LogP contribution is -2.30. The van der Waals surface area contributed by atoms with E-state index in [1.165, 1.54) is 83.5 Å². The number of hydrogen-bond donors (Lipinski definition) is 0. The smallest absolute Gasteiger partial charge is 0.306 e. The van der Waals surface area contributed by atoms with Crippen LogP contribution in [-0.4, -0.2) is 37.2 Å². The Kier molecular flexibility index (Phi) is 54.4. The van der Waals surface area contributed by atoms with E-state index in [-0.39, 0.29) is 31.1 Å². The summed E-state index contributed by atoms with van der Waals surface area (Å²) < 4.78 is 16.8. The van der Waals surface area contributed by atoms with Crippen LogP contribution in [0.4, 0.5) is 0 Å². The molecule has 398 valence electrons. The van der Waals surface area contributed by atoms with Gasteiger partial charge in [-0.3, -0.25) is 14.4 Å². The van der Waals surface area contributed by atoms with Gasteiger partial charge in [0, 0.05) is 19.3 Å². The van der Waals surface area contributed by atoms with Crippen LogP contribution >= 0.6 is 0 Å². The molecule has 0 N–H and O–H groups in total. The molecule has 0 aromatic heterocycles. The fraction of sp³-hybridized carbons (Fsp3) is 0.672. The van der Waals surface area contributed by atoms with Gasteiger partial charge in [-0.15, -0.1) is 0 Å². The van der Waals surface area contributed by atoms with Gasteiger partial charge in [0.1, 0.15) is 13.2 Å². The molecule has 0 bridgehead atoms. The molecule has 0 heterocycles. The maximum Gasteiger partial charge on any atom is 0.306 e. The summed E-state index contributed by atoms with van der Waals surface area (Å²) in [6.07, 6.45) is 78.0. The van der Waals surface area contributed by atoms with Gasteiger partial charge in [-0.25, -0.2) is 0 Å². The average Bonchev–Trinajstić information content (AvgIpc) is 3.36. The third-order valence-electron chi connectivity index (χ3n) is 12.0. The van der Waals surface area contributed by atoms with Crippen LogP contribution in [-0.2, 0) is 28.6 Å². The third-order valence-corrected chi connectivity index (χ3v) is 12.0. The van der Waals surface area contributed by atoms with Gasteiger partial charge in [0.15, 0.2) is 6.10 Å². The van der Waals surface area contributed by atoms with Gasteiger partial charge in [-0.1, -0.05) is 233 Å². The van der Waals surface area contributed by atoms with E-state index in [1.807, 2.05) is 0 Å². The SMILES string of the molecule is CC/C=C\C/C=C\C/C=C\C/C=C\CCCCCCCCCCCCCCC(=O)OCC(COC(=O)CCCCC/C=C\C/C=C\C/C=C\CC)OC(=O)CCCCCCC/C=C\C/C=C\CCCC. The molecule has 0 amide bonds. The Balaban J connectivity index is 4.32. The monoisotopic (exact) mass is 971 g/mol. The quantitative estimate of drug-likeness (QED) is 0.0262. The largest absolute Gasteiger partial charge is 0.462 e. The fourth-order valence-corrected chi connectivity index (χ4v) is 7.70. The van der Waals surface area contributed by atoms with Crippen LogP contribution in [0.1, 0.15) is 258 Å². The van der Waals surface area contributed by atoms with Gasteiger partial charge >= 0.3 is 17.9 Å². The molecule has 6 nitrogen and oxygen atoms in total. The summed E-state index contributed by atoms with van der Waals surface area (Å²) in [5.41, 5.74) is 0. The van der Waals surface area contributed by atoms with Crippen molar-refractivity contribution in [3.63, 3.8) is 0 Å². The molecular weight excluding hydrogens is 865 g/mol. The number of hydrogen-bond acceptors (Lipinski definition) is 6. The van der Waals surface area contributed by atoms with E-state index >= 15 is 0 Å². The van der Waals surface area contributed by atoms with Crippen LogP contribution in [0.5, 0.6) is 0 Å². The van der Waals surface area contributed by atoms with Crippen LogP contribution < -0.4 is 0 Å². The van der Waals surface area contributed by atoms with Crippen molar-refractivity contribution in [3.05, 3.63) is 109 Å². The maximum absolute atomic E-state index is 12.8. The lowest BCUT2D eigenvalue weighted by Gasteiger charge is -2.18. The second-order valence-corrected chi connectivity index (χ2v) is 18.8. The third kappa shape index (κ3) is 55.0. The van der Waals surface area contributed by atoms with Crippen LogP contribution in [0.2, 0.25) is 0 Å². The van der Waals surface area contributed by atoms with Crippen LogP contribution in [0, 0.1) is 0 Å². The van der Waals surface area contributed by atoms with Crippen LogP contribution in [0.3, 0.4) is 0 Å². The van der Waals surface area contributed by atoms with Crippen molar-refractivity contribution in [1.29, 1.82) is 0 Å². The molecule has 1 atom stereocenters. The molecule has 0 saturated heterocycles. The van der Waals surface area contributed by atoms with E-state index in [2.05, 4.69) is 130 Å². The maximum atomic E-state index is 12.8. The molecule has 0 saturated carbocycles. The van der Waals surface area contributed by atoms with Gasteiger partial charge in [0.2, 0.25) is 0 Å². The molecule has 0 aliphatic carbocycles. The predicted octanol–water partition coefficient (Wildman–Crippen LogP) is 19.5. The lowest BCUT2D eigenvalue weighted by molar-refractivity contribution is -0.167. The molecule has 0 aromatic rings. The van der Waals surface area contributed by atoms with E-state index in [9.17, 15) is 14.4 Å². The highest BCUT2D eigenvalue weighted by molar-refractivity contribution is 5.71. The molecule has 70 heavy (non-hydrogen) atoms. The zero-order chi connectivity index (χ0) is 50.7. The van der Waals surface area contributed by atoms with E-state index < -0.39 is 6.10 Å². The molecule has 0 rings (SSSR count). The Labute approximate surface area is 431 Å². The summed E-state index contributed by atoms with van der Waals surface area (Å²) in [5.74, 6) is -0.941. The highest BCUT2D eigenvalue weighted by Crippen LogP contribution is 2.15. The molecule has 0 radical (unpaired) electrons. The van der Waals surface area contributed by atoms with Gasteiger partial charge in [0.05, 0.1) is 0 Å². The van der Waals surface area contributed by atoms with Crippen LogP contribution in [0.15, 0.2) is 109 Å². The number of esters is 3. The van der Waals surface area contributed by atoms with Crippen molar-refractivity contribution in [2.24, 2.45) is 0 Å². The Morgan fingerprint density at radius 3 is 0.886 bits per heavy atom. The van der Waals surface area contributed by atoms with Crippen molar-refractivity contribution < 1.29 is 28.6 Å². The first-order valence-electron chi connectivity index (χ1n) is 28.9. The first kappa shape index (κ1) is 66.1. The number of allylic oxidation sites excluding steroid dienone is 18. The molecule has 0 aliphatic rings. The van der Waals surface area contributed by atoms with Gasteiger partial charge in [-0.05, 0) is 116 Å². The van der Waals surface area contributed by atoms with Gasteiger partial charge in [-0.2, -0.15) is 0 Å². The zero-order valence-electron chi connectivity index (χ0n) is 45.5. The van der Waals surface area contributed by atoms with Crippen LogP contribution in [0.25, 0.3) is 0 Å². The lowest BCUT2D eigenvalue weighted by atomic mass is 10.0. The summed E-state index contributed by atoms with van der Waals surface area (Å²) >= 11 is 0. The molecule has 0 aromatic carbocycles. The van der Waals surface area contributed by atoms with E-state index in [1.54, 1.807) is 0 Å². The van der Waals surface area contributed by atoms with Crippen molar-refractivity contribution in [1.82, 2.24) is 0 Å². The first-order valence-corrected chi connectivity index (χ1v) is 28.9. The van der Waals surface area contributed by atoms with Crippen molar-refractivity contribution in [2.75, 3.05) is 13.2 Å². The number of carbonyl (C=O) groups is 3. The molecular formula is C64H106O6. The average molecular weight is 972 g/mol. The van der Waals surface area contributed by atoms with Gasteiger partial charge < -0.3 is 14.2 Å². The minimum absolute atomic E-state index is 0.0951. The molecule has 0 spiro atoms. The Morgan fingerprint density at radius 1 is 0.300 bits per heavy atom. The summed E-state index contributed by atoms with van der Waals surface area (Å²) in [6, 6.07) is 0. The normalized spacial score (nSPS) is 12.9. The molecule has 0 fully saturated rings. The topological polar surface area (TPSA) is 78.9 Å². The number of unbranched alkanes of at least 4 members (excludes halogenated alkanes) is 22. The Morgan fingerprint density at radius 2 is 0.557 bits per heavy atom. The first-order chi connectivity index (χ1) is 34.5. The van der Waals surface area contributed by atoms with E-state index in [4.69, 9.17) is 14.2 Å². The molecule has 1 unspecified atom stereocenters. The molecule has 0 aliphatic heterocycles. The number of rotatable bonds is 51. The second-order valence-electron chi connectivity index (χ2n) is 18.8. The van der Waals surface area contributed by atoms with Crippen molar-refractivity contribution in [2.45, 2.75) is 264 Å². The minimum atomic E-state index is -0.799. The molecule has 6 heteroatoms. The summed E-state index contributed by atoms with van der Waals surface area (Å²) in [7, 11) is 0. The predicted molar refractivity (Wildman–Crippen MR) is 302 cm³/mol. The minimum Gasteiger partial charge on any atom is -0.462 e. The number of carbonyl (C=O) groups excluding carboxylic acids is 3. The van der Waals surface area contributed by atoms with E-state index in [0.29, 0.717) is 19.3 Å². The summed E-state index contributed by atoms with van der Waals surface area (Å²) in [5, 5.41) is 0. The van der Waals surface area contributed by atoms with Gasteiger partial charge in [0.25, 0.3) is 0 Å².